The van der Waals surface area contributed by atoms with Gasteiger partial charge in [-0.3, -0.25) is 0 Å². The first kappa shape index (κ1) is 55.9. The van der Waals surface area contributed by atoms with E-state index < -0.39 is 0 Å². The molecule has 0 radical (unpaired) electrons. The van der Waals surface area contributed by atoms with Crippen molar-refractivity contribution in [2.75, 3.05) is 0 Å². The van der Waals surface area contributed by atoms with Crippen LogP contribution in [0.4, 0.5) is 0 Å². The molecule has 0 atom stereocenters. The highest BCUT2D eigenvalue weighted by Gasteiger charge is 2.23. The zero-order valence-electron chi connectivity index (χ0n) is 52.4. The van der Waals surface area contributed by atoms with Gasteiger partial charge in [0.25, 0.3) is 0 Å². The molecular weight excluding hydrogens is 1070 g/mol. The minimum absolute atomic E-state index is 0.00598. The zero-order valence-corrected chi connectivity index (χ0v) is 52.4. The van der Waals surface area contributed by atoms with E-state index in [1.807, 2.05) is 0 Å². The van der Waals surface area contributed by atoms with Crippen LogP contribution in [0.5, 0.6) is 0 Å². The predicted molar refractivity (Wildman–Crippen MR) is 373 cm³/mol. The summed E-state index contributed by atoms with van der Waals surface area (Å²) < 4.78 is 0. The molecular formula is C80H74N8. The summed E-state index contributed by atoms with van der Waals surface area (Å²) >= 11 is 0. The number of rotatable bonds is 5. The molecule has 4 aliphatic heterocycles. The minimum atomic E-state index is -0.0309. The molecule has 8 heteroatoms. The maximum absolute atomic E-state index is 5.50. The van der Waals surface area contributed by atoms with Crippen LogP contribution in [0.15, 0.2) is 158 Å². The van der Waals surface area contributed by atoms with Gasteiger partial charge >= 0.3 is 0 Å². The average Bonchev–Trinajstić information content (AvgIpc) is 2.70. The first-order valence-corrected chi connectivity index (χ1v) is 30.8. The van der Waals surface area contributed by atoms with E-state index in [0.717, 1.165) is 145 Å². The maximum atomic E-state index is 5.50. The molecule has 0 spiro atoms. The topological polar surface area (TPSA) is 115 Å². The Morgan fingerprint density at radius 1 is 0.239 bits per heavy atom. The number of hydrogen-bond acceptors (Lipinski definition) is 4. The number of hydrogen-bond donors (Lipinski definition) is 4. The zero-order chi connectivity index (χ0) is 61.0. The van der Waals surface area contributed by atoms with Crippen molar-refractivity contribution < 1.29 is 0 Å². The van der Waals surface area contributed by atoms with Gasteiger partial charge in [-0.25, -0.2) is 19.9 Å². The van der Waals surface area contributed by atoms with Crippen molar-refractivity contribution in [2.45, 2.75) is 105 Å². The normalized spacial score (nSPS) is 13.3. The van der Waals surface area contributed by atoms with Gasteiger partial charge in [0.2, 0.25) is 0 Å². The number of nitrogens with zero attached hydrogens (tertiary/aromatic N) is 4. The molecule has 4 N–H and O–H groups in total. The van der Waals surface area contributed by atoms with Crippen molar-refractivity contribution >= 4 is 92.7 Å². The number of fused-ring (bicyclic) bond motifs is 16. The van der Waals surface area contributed by atoms with E-state index in [2.05, 4.69) is 309 Å². The molecule has 88 heavy (non-hydrogen) atoms. The van der Waals surface area contributed by atoms with E-state index in [-0.39, 0.29) is 21.7 Å². The van der Waals surface area contributed by atoms with Crippen molar-refractivity contribution in [1.29, 1.82) is 0 Å². The second-order valence-electron chi connectivity index (χ2n) is 28.1. The predicted octanol–water partition coefficient (Wildman–Crippen LogP) is 21.1. The molecule has 14 rings (SSSR count). The second-order valence-corrected chi connectivity index (χ2v) is 28.1. The van der Waals surface area contributed by atoms with Crippen molar-refractivity contribution in [3.05, 3.63) is 226 Å². The fourth-order valence-electron chi connectivity index (χ4n) is 12.5. The van der Waals surface area contributed by atoms with E-state index in [4.69, 9.17) is 19.9 Å². The Kier molecular flexibility index (Phi) is 13.3. The summed E-state index contributed by atoms with van der Waals surface area (Å²) in [6, 6.07) is 57.8. The lowest BCUT2D eigenvalue weighted by molar-refractivity contribution is 0.590. The molecule has 0 unspecified atom stereocenters. The lowest BCUT2D eigenvalue weighted by atomic mass is 9.86. The molecule has 4 aromatic carbocycles. The number of aromatic amines is 4. The molecule has 0 amide bonds. The molecule has 10 aromatic rings. The third-order valence-corrected chi connectivity index (χ3v) is 17.5. The third kappa shape index (κ3) is 10.7. The molecule has 4 aliphatic rings. The Morgan fingerprint density at radius 2 is 0.500 bits per heavy atom. The van der Waals surface area contributed by atoms with Crippen molar-refractivity contribution in [3.63, 3.8) is 0 Å². The van der Waals surface area contributed by atoms with Crippen LogP contribution in [0.25, 0.3) is 148 Å². The minimum Gasteiger partial charge on any atom is -0.355 e. The fraction of sp³-hybridized carbons (Fsp3) is 0.200. The van der Waals surface area contributed by atoms with Crippen molar-refractivity contribution in [3.8, 4) is 55.6 Å². The maximum Gasteiger partial charge on any atom is 0.0736 e. The van der Waals surface area contributed by atoms with Crippen LogP contribution in [0, 0.1) is 0 Å². The molecule has 0 fully saturated rings. The molecule has 16 bridgehead atoms. The van der Waals surface area contributed by atoms with Gasteiger partial charge < -0.3 is 19.9 Å². The Balaban J connectivity index is 1.10. The van der Waals surface area contributed by atoms with Crippen LogP contribution < -0.4 is 0 Å². The summed E-state index contributed by atoms with van der Waals surface area (Å²) in [6.45, 7) is 27.1. The first-order valence-electron chi connectivity index (χ1n) is 30.8. The summed E-state index contributed by atoms with van der Waals surface area (Å²) in [7, 11) is 0. The van der Waals surface area contributed by atoms with Crippen molar-refractivity contribution in [1.82, 2.24) is 39.9 Å². The van der Waals surface area contributed by atoms with Gasteiger partial charge in [0.15, 0.2) is 0 Å². The number of H-pyrrole nitrogens is 4. The van der Waals surface area contributed by atoms with Gasteiger partial charge in [-0.05, 0) is 175 Å². The third-order valence-electron chi connectivity index (χ3n) is 17.5. The van der Waals surface area contributed by atoms with E-state index in [1.54, 1.807) is 0 Å². The summed E-state index contributed by atoms with van der Waals surface area (Å²) in [6.07, 6.45) is 17.1. The number of aromatic nitrogens is 8. The van der Waals surface area contributed by atoms with Gasteiger partial charge in [0.05, 0.1) is 45.6 Å². The molecule has 0 saturated heterocycles. The highest BCUT2D eigenvalue weighted by atomic mass is 14.8. The molecule has 434 valence electrons. The van der Waals surface area contributed by atoms with Crippen LogP contribution in [-0.4, -0.2) is 39.9 Å². The molecule has 0 aliphatic carbocycles. The SMILES string of the molecule is CC(C)(C)c1ccc(-c2c3nc(cc4[nH]c(cc4-c4cc5[nH]c4cc4nc(c(-c6ccc(C(C)(C)C)cc6)c6ccc(cc7nc(c5-c5ccc(C(C)(C)C)cc5)C=C7)[nH]6)C=C4)c(-c4ccc(C(C)(C)C)cc4)c4nc(cc5ccc2[nH]5)C=C4)C=C3)cc1. The quantitative estimate of drug-likeness (QED) is 0.137. The summed E-state index contributed by atoms with van der Waals surface area (Å²) in [5, 5.41) is 0. The largest absolute Gasteiger partial charge is 0.355 e. The smallest absolute Gasteiger partial charge is 0.0736 e. The van der Waals surface area contributed by atoms with E-state index in [9.17, 15) is 0 Å². The highest BCUT2D eigenvalue weighted by molar-refractivity contribution is 6.03. The van der Waals surface area contributed by atoms with Gasteiger partial charge in [0.1, 0.15) is 0 Å². The monoisotopic (exact) mass is 1150 g/mol. The molecule has 6 aromatic heterocycles. The fourth-order valence-corrected chi connectivity index (χ4v) is 12.5. The van der Waals surface area contributed by atoms with E-state index in [1.165, 1.54) is 22.3 Å². The average molecular weight is 1150 g/mol. The van der Waals surface area contributed by atoms with Gasteiger partial charge in [-0.2, -0.15) is 0 Å². The Bertz CT molecular complexity index is 4630. The lowest BCUT2D eigenvalue weighted by Crippen LogP contribution is -2.10. The lowest BCUT2D eigenvalue weighted by Gasteiger charge is -2.19. The Labute approximate surface area is 515 Å². The van der Waals surface area contributed by atoms with Gasteiger partial charge in [-0.15, -0.1) is 0 Å². The first-order chi connectivity index (χ1) is 42.0. The van der Waals surface area contributed by atoms with Crippen molar-refractivity contribution in [2.24, 2.45) is 0 Å². The van der Waals surface area contributed by atoms with Crippen LogP contribution >= 0.6 is 0 Å². The second kappa shape index (κ2) is 20.9. The standard InChI is InChI=1S/C80H74N8/c1-77(2,3)51-21-13-47(14-22-51)73-63-35-29-55(81-63)41-57-31-37-67(83-57)75(49-17-25-53(26-18-49)79(7,8)9)71-45-61(69(87-71)43-59-33-39-65(73)85-59)62-46-72-76(50-19-27-54(28-20-50)80(10,11)12)68-38-32-58(84-68)42-56-30-36-64(82-56)74(48-15-23-52(24-16-48)78(4,5)6)66-40-34-60(86-66)44-70(62)88-72/h13-46,81-82,87-88H,1-12H3. The van der Waals surface area contributed by atoms with Gasteiger partial charge in [0, 0.05) is 77.5 Å². The molecule has 8 nitrogen and oxygen atoms in total. The summed E-state index contributed by atoms with van der Waals surface area (Å²) in [5.74, 6) is 0. The number of benzene rings is 4. The van der Waals surface area contributed by atoms with Gasteiger partial charge in [-0.1, -0.05) is 180 Å². The van der Waals surface area contributed by atoms with E-state index >= 15 is 0 Å². The van der Waals surface area contributed by atoms with E-state index in [0.29, 0.717) is 0 Å². The Hall–Kier alpha value is -9.92. The highest BCUT2D eigenvalue weighted by Crippen LogP contribution is 2.42. The van der Waals surface area contributed by atoms with Crippen LogP contribution in [0.2, 0.25) is 0 Å². The van der Waals surface area contributed by atoms with Crippen LogP contribution in [0.3, 0.4) is 0 Å². The van der Waals surface area contributed by atoms with Crippen LogP contribution in [-0.2, 0) is 21.7 Å². The molecule has 10 heterocycles. The van der Waals surface area contributed by atoms with Crippen LogP contribution in [0.1, 0.15) is 151 Å². The Morgan fingerprint density at radius 3 is 0.773 bits per heavy atom. The molecule has 0 saturated carbocycles. The number of nitrogens with one attached hydrogen (secondary N) is 4. The summed E-state index contributed by atoms with van der Waals surface area (Å²) in [5.41, 5.74) is 29.6. The summed E-state index contributed by atoms with van der Waals surface area (Å²) in [4.78, 5) is 37.5.